The number of carboxylic acids is 1. The van der Waals surface area contributed by atoms with Crippen molar-refractivity contribution in [1.29, 1.82) is 0 Å². The third-order valence-electron chi connectivity index (χ3n) is 4.93. The number of pyridine rings is 1. The number of aromatic carboxylic acids is 1. The molecular formula is C21H20N2O5S. The summed E-state index contributed by atoms with van der Waals surface area (Å²) < 4.78 is 32.5. The topological polar surface area (TPSA) is 96.8 Å². The highest BCUT2D eigenvalue weighted by molar-refractivity contribution is 7.89. The van der Waals surface area contributed by atoms with E-state index >= 15 is 0 Å². The van der Waals surface area contributed by atoms with E-state index in [-0.39, 0.29) is 23.5 Å². The number of nitrogens with zero attached hydrogens (tertiary/aromatic N) is 2. The number of aryl methyl sites for hydroxylation is 1. The Morgan fingerprint density at radius 3 is 2.55 bits per heavy atom. The average Bonchev–Trinajstić information content (AvgIpc) is 2.73. The minimum Gasteiger partial charge on any atom is -0.478 e. The van der Waals surface area contributed by atoms with Gasteiger partial charge in [0.15, 0.2) is 0 Å². The second-order valence-electron chi connectivity index (χ2n) is 6.93. The van der Waals surface area contributed by atoms with Gasteiger partial charge in [0, 0.05) is 24.0 Å². The average molecular weight is 412 g/mol. The summed E-state index contributed by atoms with van der Waals surface area (Å²) in [4.78, 5) is 16.6. The Morgan fingerprint density at radius 2 is 1.86 bits per heavy atom. The van der Waals surface area contributed by atoms with Crippen LogP contribution >= 0.6 is 0 Å². The molecule has 29 heavy (non-hydrogen) atoms. The monoisotopic (exact) mass is 412 g/mol. The first-order chi connectivity index (χ1) is 13.9. The summed E-state index contributed by atoms with van der Waals surface area (Å²) in [6, 6.07) is 13.6. The minimum absolute atomic E-state index is 0.0190. The number of carbonyl (C=O) groups is 1. The smallest absolute Gasteiger partial charge is 0.336 e. The molecule has 0 atom stereocenters. The van der Waals surface area contributed by atoms with Crippen LogP contribution in [0.2, 0.25) is 0 Å². The van der Waals surface area contributed by atoms with Gasteiger partial charge in [0.1, 0.15) is 0 Å². The molecule has 0 bridgehead atoms. The van der Waals surface area contributed by atoms with Crippen LogP contribution in [0, 0.1) is 6.92 Å². The van der Waals surface area contributed by atoms with Crippen LogP contribution in [0.1, 0.15) is 15.9 Å². The van der Waals surface area contributed by atoms with Crippen LogP contribution in [-0.2, 0) is 14.8 Å². The fraction of sp³-hybridized carbons (Fsp3) is 0.238. The van der Waals surface area contributed by atoms with Crippen LogP contribution in [0.4, 0.5) is 0 Å². The first-order valence-corrected chi connectivity index (χ1v) is 10.6. The maximum Gasteiger partial charge on any atom is 0.336 e. The van der Waals surface area contributed by atoms with Crippen molar-refractivity contribution in [1.82, 2.24) is 9.29 Å². The molecule has 1 fully saturated rings. The van der Waals surface area contributed by atoms with Gasteiger partial charge in [-0.15, -0.1) is 0 Å². The Morgan fingerprint density at radius 1 is 1.10 bits per heavy atom. The van der Waals surface area contributed by atoms with E-state index in [1.807, 2.05) is 31.2 Å². The predicted octanol–water partition coefficient (Wildman–Crippen LogP) is 2.93. The molecule has 0 spiro atoms. The molecule has 3 aromatic rings. The second kappa shape index (κ2) is 7.55. The third kappa shape index (κ3) is 3.74. The largest absolute Gasteiger partial charge is 0.478 e. The maximum absolute atomic E-state index is 12.9. The lowest BCUT2D eigenvalue weighted by molar-refractivity contribution is 0.0699. The molecule has 2 heterocycles. The number of hydrogen-bond donors (Lipinski definition) is 1. The molecule has 1 aliphatic heterocycles. The highest BCUT2D eigenvalue weighted by Crippen LogP contribution is 2.28. The van der Waals surface area contributed by atoms with Crippen LogP contribution in [0.15, 0.2) is 53.4 Å². The molecule has 0 saturated carbocycles. The van der Waals surface area contributed by atoms with E-state index in [1.165, 1.54) is 22.5 Å². The summed E-state index contributed by atoms with van der Waals surface area (Å²) in [6.07, 6.45) is 0. The Balaban J connectivity index is 1.85. The number of fused-ring (bicyclic) bond motifs is 1. The quantitative estimate of drug-likeness (QED) is 0.708. The van der Waals surface area contributed by atoms with Crippen molar-refractivity contribution in [2.24, 2.45) is 0 Å². The molecule has 0 aliphatic carbocycles. The lowest BCUT2D eigenvalue weighted by Gasteiger charge is -2.26. The molecule has 1 aliphatic rings. The zero-order chi connectivity index (χ0) is 20.6. The molecule has 7 nitrogen and oxygen atoms in total. The minimum atomic E-state index is -3.73. The van der Waals surface area contributed by atoms with Crippen LogP contribution < -0.4 is 0 Å². The Hall–Kier alpha value is -2.81. The van der Waals surface area contributed by atoms with E-state index in [9.17, 15) is 18.3 Å². The molecule has 1 N–H and O–H groups in total. The van der Waals surface area contributed by atoms with Gasteiger partial charge in [-0.1, -0.05) is 23.8 Å². The number of benzene rings is 2. The molecular weight excluding hydrogens is 392 g/mol. The number of ether oxygens (including phenoxy) is 1. The zero-order valence-corrected chi connectivity index (χ0v) is 16.6. The number of morpholine rings is 1. The van der Waals surface area contributed by atoms with Crippen molar-refractivity contribution >= 4 is 26.9 Å². The van der Waals surface area contributed by atoms with Crippen LogP contribution in [0.5, 0.6) is 0 Å². The van der Waals surface area contributed by atoms with Gasteiger partial charge >= 0.3 is 5.97 Å². The Kier molecular flexibility index (Phi) is 5.08. The summed E-state index contributed by atoms with van der Waals surface area (Å²) in [5.74, 6) is -1.13. The molecule has 1 aromatic heterocycles. The molecule has 150 valence electrons. The van der Waals surface area contributed by atoms with Crippen molar-refractivity contribution in [3.63, 3.8) is 0 Å². The summed E-state index contributed by atoms with van der Waals surface area (Å²) in [5.41, 5.74) is 2.82. The summed E-state index contributed by atoms with van der Waals surface area (Å²) in [5, 5.41) is 10.0. The summed E-state index contributed by atoms with van der Waals surface area (Å²) in [7, 11) is -3.73. The van der Waals surface area contributed by atoms with E-state index in [1.54, 1.807) is 6.07 Å². The molecule has 0 amide bonds. The Labute approximate surface area is 168 Å². The highest BCUT2D eigenvalue weighted by atomic mass is 32.2. The van der Waals surface area contributed by atoms with Crippen molar-refractivity contribution in [3.05, 3.63) is 59.7 Å². The van der Waals surface area contributed by atoms with Crippen molar-refractivity contribution in [2.45, 2.75) is 11.8 Å². The van der Waals surface area contributed by atoms with E-state index in [2.05, 4.69) is 4.98 Å². The van der Waals surface area contributed by atoms with Gasteiger partial charge in [-0.3, -0.25) is 0 Å². The van der Waals surface area contributed by atoms with E-state index in [0.717, 1.165) is 11.1 Å². The Bertz CT molecular complexity index is 1200. The van der Waals surface area contributed by atoms with Crippen LogP contribution in [0.25, 0.3) is 22.2 Å². The van der Waals surface area contributed by atoms with Crippen LogP contribution in [0.3, 0.4) is 0 Å². The van der Waals surface area contributed by atoms with Gasteiger partial charge in [-0.2, -0.15) is 4.31 Å². The first-order valence-electron chi connectivity index (χ1n) is 9.19. The molecule has 0 unspecified atom stereocenters. The first kappa shape index (κ1) is 19.5. The van der Waals surface area contributed by atoms with Crippen molar-refractivity contribution in [2.75, 3.05) is 26.3 Å². The fourth-order valence-electron chi connectivity index (χ4n) is 3.43. The van der Waals surface area contributed by atoms with Gasteiger partial charge in [-0.05, 0) is 37.3 Å². The third-order valence-corrected chi connectivity index (χ3v) is 6.83. The van der Waals surface area contributed by atoms with Crippen molar-refractivity contribution in [3.8, 4) is 11.3 Å². The lowest BCUT2D eigenvalue weighted by atomic mass is 10.0. The number of aromatic nitrogens is 1. The number of sulfonamides is 1. The van der Waals surface area contributed by atoms with E-state index in [0.29, 0.717) is 29.8 Å². The lowest BCUT2D eigenvalue weighted by Crippen LogP contribution is -2.40. The van der Waals surface area contributed by atoms with Gasteiger partial charge in [0.25, 0.3) is 0 Å². The predicted molar refractivity (Wildman–Crippen MR) is 108 cm³/mol. The molecule has 1 saturated heterocycles. The fourth-order valence-corrected chi connectivity index (χ4v) is 4.87. The second-order valence-corrected chi connectivity index (χ2v) is 8.86. The SMILES string of the molecule is Cc1cccc(-c2cc(C(=O)O)c3cc(S(=O)(=O)N4CCOCC4)ccc3n2)c1. The highest BCUT2D eigenvalue weighted by Gasteiger charge is 2.27. The van der Waals surface area contributed by atoms with Crippen LogP contribution in [-0.4, -0.2) is 55.1 Å². The van der Waals surface area contributed by atoms with Gasteiger partial charge in [0.05, 0.1) is 34.9 Å². The molecule has 0 radical (unpaired) electrons. The van der Waals surface area contributed by atoms with Gasteiger partial charge in [-0.25, -0.2) is 18.2 Å². The normalized spacial score (nSPS) is 15.5. The molecule has 4 rings (SSSR count). The molecule has 8 heteroatoms. The number of hydrogen-bond acceptors (Lipinski definition) is 5. The van der Waals surface area contributed by atoms with E-state index in [4.69, 9.17) is 4.74 Å². The van der Waals surface area contributed by atoms with Gasteiger partial charge < -0.3 is 9.84 Å². The summed E-state index contributed by atoms with van der Waals surface area (Å²) in [6.45, 7) is 3.18. The zero-order valence-electron chi connectivity index (χ0n) is 15.8. The van der Waals surface area contributed by atoms with Gasteiger partial charge in [0.2, 0.25) is 10.0 Å². The summed E-state index contributed by atoms with van der Waals surface area (Å²) >= 11 is 0. The van der Waals surface area contributed by atoms with E-state index < -0.39 is 16.0 Å². The number of rotatable bonds is 4. The number of carboxylic acid groups (broad SMARTS) is 1. The molecule has 2 aromatic carbocycles. The maximum atomic E-state index is 12.9. The standard InChI is InChI=1S/C21H20N2O5S/c1-14-3-2-4-15(11-14)20-13-18(21(24)25)17-12-16(5-6-19(17)22-20)29(26,27)23-7-9-28-10-8-23/h2-6,11-13H,7-10H2,1H3,(H,24,25). The van der Waals surface area contributed by atoms with Crippen molar-refractivity contribution < 1.29 is 23.1 Å².